The summed E-state index contributed by atoms with van der Waals surface area (Å²) in [6, 6.07) is 8.63. The van der Waals surface area contributed by atoms with Crippen LogP contribution in [-0.2, 0) is 5.41 Å². The Hall–Kier alpha value is -0.860. The van der Waals surface area contributed by atoms with E-state index in [1.165, 1.54) is 11.1 Å². The number of hydrogen-bond acceptors (Lipinski definition) is 2. The van der Waals surface area contributed by atoms with E-state index in [2.05, 4.69) is 45.0 Å². The fourth-order valence-corrected chi connectivity index (χ4v) is 1.77. The van der Waals surface area contributed by atoms with E-state index in [9.17, 15) is 5.11 Å². The molecule has 0 aromatic heterocycles. The van der Waals surface area contributed by atoms with Crippen LogP contribution < -0.4 is 0 Å². The van der Waals surface area contributed by atoms with E-state index in [1.807, 2.05) is 19.0 Å². The molecule has 0 aliphatic rings. The van der Waals surface area contributed by atoms with Gasteiger partial charge >= 0.3 is 0 Å². The first-order valence-corrected chi connectivity index (χ1v) is 5.74. The van der Waals surface area contributed by atoms with Gasteiger partial charge in [0.1, 0.15) is 0 Å². The van der Waals surface area contributed by atoms with Gasteiger partial charge in [0.25, 0.3) is 0 Å². The number of aliphatic hydroxyl groups is 1. The van der Waals surface area contributed by atoms with Crippen LogP contribution in [0.4, 0.5) is 0 Å². The van der Waals surface area contributed by atoms with Gasteiger partial charge < -0.3 is 10.0 Å². The number of rotatable bonds is 3. The minimum absolute atomic E-state index is 0.0917. The van der Waals surface area contributed by atoms with Crippen molar-refractivity contribution in [2.24, 2.45) is 0 Å². The summed E-state index contributed by atoms with van der Waals surface area (Å²) in [5.41, 5.74) is 2.68. The molecule has 90 valence electrons. The van der Waals surface area contributed by atoms with Gasteiger partial charge in [-0.05, 0) is 30.6 Å². The summed E-state index contributed by atoms with van der Waals surface area (Å²) in [5, 5.41) is 9.34. The predicted molar refractivity (Wildman–Crippen MR) is 68.7 cm³/mol. The third kappa shape index (κ3) is 3.06. The third-order valence-corrected chi connectivity index (χ3v) is 2.96. The molecule has 1 aromatic carbocycles. The van der Waals surface area contributed by atoms with Gasteiger partial charge in [0, 0.05) is 0 Å². The first kappa shape index (κ1) is 13.2. The lowest BCUT2D eigenvalue weighted by atomic mass is 9.86. The van der Waals surface area contributed by atoms with E-state index in [4.69, 9.17) is 0 Å². The Morgan fingerprint density at radius 2 is 1.62 bits per heavy atom. The lowest BCUT2D eigenvalue weighted by Gasteiger charge is -2.24. The van der Waals surface area contributed by atoms with Crippen LogP contribution in [0.1, 0.15) is 37.9 Å². The zero-order valence-electron chi connectivity index (χ0n) is 11.0. The van der Waals surface area contributed by atoms with E-state index in [-0.39, 0.29) is 18.1 Å². The Labute approximate surface area is 98.9 Å². The standard InChI is InChI=1S/C14H23NO/c1-14(2,3)12-8-6-11(7-9-12)13(10-16)15(4)5/h6-9,13,16H,10H2,1-5H3. The van der Waals surface area contributed by atoms with Crippen molar-refractivity contribution < 1.29 is 5.11 Å². The number of likely N-dealkylation sites (N-methyl/N-ethyl adjacent to an activating group) is 1. The normalized spacial score (nSPS) is 14.2. The maximum atomic E-state index is 9.34. The van der Waals surface area contributed by atoms with E-state index in [0.29, 0.717) is 0 Å². The van der Waals surface area contributed by atoms with Crippen molar-refractivity contribution >= 4 is 0 Å². The summed E-state index contributed by atoms with van der Waals surface area (Å²) < 4.78 is 0. The van der Waals surface area contributed by atoms with E-state index in [0.717, 1.165) is 0 Å². The van der Waals surface area contributed by atoms with Crippen LogP contribution in [0.15, 0.2) is 24.3 Å². The smallest absolute Gasteiger partial charge is 0.0628 e. The fourth-order valence-electron chi connectivity index (χ4n) is 1.77. The summed E-state index contributed by atoms with van der Waals surface area (Å²) in [7, 11) is 3.97. The first-order valence-electron chi connectivity index (χ1n) is 5.74. The van der Waals surface area contributed by atoms with Crippen LogP contribution in [0, 0.1) is 0 Å². The molecule has 1 aromatic rings. The molecule has 0 bridgehead atoms. The van der Waals surface area contributed by atoms with Crippen molar-refractivity contribution in [1.82, 2.24) is 4.90 Å². The highest BCUT2D eigenvalue weighted by Crippen LogP contribution is 2.25. The molecule has 0 heterocycles. The van der Waals surface area contributed by atoms with Crippen molar-refractivity contribution in [3.05, 3.63) is 35.4 Å². The van der Waals surface area contributed by atoms with Crippen LogP contribution in [0.25, 0.3) is 0 Å². The van der Waals surface area contributed by atoms with Gasteiger partial charge in [-0.3, -0.25) is 0 Å². The number of hydrogen-bond donors (Lipinski definition) is 1. The molecule has 0 saturated carbocycles. The average Bonchev–Trinajstić information content (AvgIpc) is 2.17. The van der Waals surface area contributed by atoms with Gasteiger partial charge in [-0.25, -0.2) is 0 Å². The minimum Gasteiger partial charge on any atom is -0.394 e. The molecule has 2 nitrogen and oxygen atoms in total. The average molecular weight is 221 g/mol. The van der Waals surface area contributed by atoms with Gasteiger partial charge in [-0.2, -0.15) is 0 Å². The highest BCUT2D eigenvalue weighted by Gasteiger charge is 2.16. The largest absolute Gasteiger partial charge is 0.394 e. The summed E-state index contributed by atoms with van der Waals surface area (Å²) in [6.45, 7) is 6.77. The van der Waals surface area contributed by atoms with Gasteiger partial charge in [0.15, 0.2) is 0 Å². The predicted octanol–water partition coefficient (Wildman–Crippen LogP) is 2.58. The summed E-state index contributed by atoms with van der Waals surface area (Å²) in [4.78, 5) is 2.03. The van der Waals surface area contributed by atoms with Crippen molar-refractivity contribution in [2.75, 3.05) is 20.7 Å². The van der Waals surface area contributed by atoms with Gasteiger partial charge in [-0.1, -0.05) is 45.0 Å². The molecule has 0 spiro atoms. The van der Waals surface area contributed by atoms with E-state index >= 15 is 0 Å². The Morgan fingerprint density at radius 1 is 1.12 bits per heavy atom. The zero-order chi connectivity index (χ0) is 12.3. The summed E-state index contributed by atoms with van der Waals surface area (Å²) >= 11 is 0. The lowest BCUT2D eigenvalue weighted by Crippen LogP contribution is -2.23. The molecule has 1 unspecified atom stereocenters. The van der Waals surface area contributed by atoms with Crippen LogP contribution in [0.5, 0.6) is 0 Å². The molecule has 0 radical (unpaired) electrons. The molecule has 2 heteroatoms. The number of benzene rings is 1. The molecule has 0 fully saturated rings. The quantitative estimate of drug-likeness (QED) is 0.848. The second-order valence-corrected chi connectivity index (χ2v) is 5.53. The van der Waals surface area contributed by atoms with Crippen LogP contribution in [-0.4, -0.2) is 30.7 Å². The molecular formula is C14H23NO. The van der Waals surface area contributed by atoms with E-state index < -0.39 is 0 Å². The van der Waals surface area contributed by atoms with Crippen molar-refractivity contribution in [3.63, 3.8) is 0 Å². The molecular weight excluding hydrogens is 198 g/mol. The Bertz CT molecular complexity index is 322. The number of aliphatic hydroxyl groups excluding tert-OH is 1. The Balaban J connectivity index is 2.94. The van der Waals surface area contributed by atoms with Gasteiger partial charge in [0.05, 0.1) is 12.6 Å². The molecule has 0 aliphatic carbocycles. The Morgan fingerprint density at radius 3 is 1.94 bits per heavy atom. The third-order valence-electron chi connectivity index (χ3n) is 2.96. The highest BCUT2D eigenvalue weighted by molar-refractivity contribution is 5.29. The van der Waals surface area contributed by atoms with Crippen molar-refractivity contribution in [3.8, 4) is 0 Å². The second kappa shape index (κ2) is 4.98. The molecule has 16 heavy (non-hydrogen) atoms. The first-order chi connectivity index (χ1) is 7.36. The SMILES string of the molecule is CN(C)C(CO)c1ccc(C(C)(C)C)cc1. The minimum atomic E-state index is 0.0917. The van der Waals surface area contributed by atoms with Crippen LogP contribution >= 0.6 is 0 Å². The molecule has 1 N–H and O–H groups in total. The van der Waals surface area contributed by atoms with Crippen molar-refractivity contribution in [1.29, 1.82) is 0 Å². The van der Waals surface area contributed by atoms with Crippen LogP contribution in [0.2, 0.25) is 0 Å². The fraction of sp³-hybridized carbons (Fsp3) is 0.571. The van der Waals surface area contributed by atoms with Gasteiger partial charge in [-0.15, -0.1) is 0 Å². The Kier molecular flexibility index (Phi) is 4.11. The summed E-state index contributed by atoms with van der Waals surface area (Å²) in [5.74, 6) is 0. The molecule has 0 aliphatic heterocycles. The highest BCUT2D eigenvalue weighted by atomic mass is 16.3. The topological polar surface area (TPSA) is 23.5 Å². The van der Waals surface area contributed by atoms with Gasteiger partial charge in [0.2, 0.25) is 0 Å². The second-order valence-electron chi connectivity index (χ2n) is 5.53. The molecule has 1 atom stereocenters. The maximum absolute atomic E-state index is 9.34. The van der Waals surface area contributed by atoms with E-state index in [1.54, 1.807) is 0 Å². The monoisotopic (exact) mass is 221 g/mol. The molecule has 0 amide bonds. The zero-order valence-corrected chi connectivity index (χ0v) is 11.0. The summed E-state index contributed by atoms with van der Waals surface area (Å²) in [6.07, 6.45) is 0. The van der Waals surface area contributed by atoms with Crippen LogP contribution in [0.3, 0.4) is 0 Å². The lowest BCUT2D eigenvalue weighted by molar-refractivity contribution is 0.171. The molecule has 1 rings (SSSR count). The molecule has 0 saturated heterocycles. The number of nitrogens with zero attached hydrogens (tertiary/aromatic N) is 1. The van der Waals surface area contributed by atoms with Crippen molar-refractivity contribution in [2.45, 2.75) is 32.2 Å². The maximum Gasteiger partial charge on any atom is 0.0628 e.